The Hall–Kier alpha value is -0.610. The minimum atomic E-state index is -0.0711. The number of carbonyl (C=O) groups is 1. The van der Waals surface area contributed by atoms with Crippen LogP contribution in [0.25, 0.3) is 0 Å². The standard InChI is InChI=1S/C14H32N2O2/c1-8-15(4,5)10-11-18-14(17)12-13(3)16(6,7)9-2/h13H,8-12H2,1-7H3/q+2. The molecule has 0 aromatic rings. The predicted octanol–water partition coefficient (Wildman–Crippen LogP) is 1.50. The lowest BCUT2D eigenvalue weighted by Gasteiger charge is -2.34. The second-order valence-electron chi connectivity index (χ2n) is 6.34. The Labute approximate surface area is 113 Å². The van der Waals surface area contributed by atoms with Crippen LogP contribution in [0.2, 0.25) is 0 Å². The fourth-order valence-electron chi connectivity index (χ4n) is 1.42. The molecule has 0 aliphatic heterocycles. The van der Waals surface area contributed by atoms with Gasteiger partial charge in [0.15, 0.2) is 0 Å². The molecule has 0 heterocycles. The third kappa shape index (κ3) is 6.36. The molecule has 0 bridgehead atoms. The third-order valence-corrected chi connectivity index (χ3v) is 4.29. The molecule has 1 unspecified atom stereocenters. The van der Waals surface area contributed by atoms with Gasteiger partial charge in [0.25, 0.3) is 0 Å². The molecule has 0 spiro atoms. The fourth-order valence-corrected chi connectivity index (χ4v) is 1.42. The van der Waals surface area contributed by atoms with Crippen molar-refractivity contribution in [1.29, 1.82) is 0 Å². The van der Waals surface area contributed by atoms with Gasteiger partial charge in [-0.2, -0.15) is 0 Å². The molecule has 0 saturated carbocycles. The van der Waals surface area contributed by atoms with Crippen LogP contribution in [0, 0.1) is 0 Å². The predicted molar refractivity (Wildman–Crippen MR) is 75.2 cm³/mol. The molecule has 0 aliphatic carbocycles. The summed E-state index contributed by atoms with van der Waals surface area (Å²) in [6, 6.07) is 0.302. The maximum atomic E-state index is 11.8. The summed E-state index contributed by atoms with van der Waals surface area (Å²) in [5.41, 5.74) is 0. The summed E-state index contributed by atoms with van der Waals surface area (Å²) in [4.78, 5) is 11.8. The van der Waals surface area contributed by atoms with E-state index in [9.17, 15) is 4.79 Å². The van der Waals surface area contributed by atoms with Gasteiger partial charge in [-0.3, -0.25) is 4.79 Å². The normalized spacial score (nSPS) is 14.4. The highest BCUT2D eigenvalue weighted by molar-refractivity contribution is 5.69. The highest BCUT2D eigenvalue weighted by Crippen LogP contribution is 2.10. The van der Waals surface area contributed by atoms with Gasteiger partial charge in [0.1, 0.15) is 13.2 Å². The van der Waals surface area contributed by atoms with Crippen molar-refractivity contribution in [2.75, 3.05) is 54.4 Å². The molecule has 0 fully saturated rings. The zero-order valence-corrected chi connectivity index (χ0v) is 13.3. The molecule has 1 atom stereocenters. The average Bonchev–Trinajstić information content (AvgIpc) is 2.28. The molecule has 18 heavy (non-hydrogen) atoms. The maximum absolute atomic E-state index is 11.8. The second-order valence-corrected chi connectivity index (χ2v) is 6.34. The van der Waals surface area contributed by atoms with Crippen molar-refractivity contribution in [1.82, 2.24) is 0 Å². The number of likely N-dealkylation sites (N-methyl/N-ethyl adjacent to an activating group) is 1. The molecular formula is C14H32N2O2+2. The number of carbonyl (C=O) groups excluding carboxylic acids is 1. The summed E-state index contributed by atoms with van der Waals surface area (Å²) in [7, 11) is 8.59. The molecule has 0 aromatic heterocycles. The van der Waals surface area contributed by atoms with Gasteiger partial charge < -0.3 is 13.7 Å². The molecule has 0 amide bonds. The number of hydrogen-bond donors (Lipinski definition) is 0. The fraction of sp³-hybridized carbons (Fsp3) is 0.929. The van der Waals surface area contributed by atoms with E-state index in [2.05, 4.69) is 49.0 Å². The van der Waals surface area contributed by atoms with Crippen molar-refractivity contribution < 1.29 is 18.5 Å². The van der Waals surface area contributed by atoms with Gasteiger partial charge in [0.2, 0.25) is 0 Å². The first-order chi connectivity index (χ1) is 8.14. The van der Waals surface area contributed by atoms with E-state index in [4.69, 9.17) is 4.74 Å². The van der Waals surface area contributed by atoms with Gasteiger partial charge in [0, 0.05) is 0 Å². The van der Waals surface area contributed by atoms with Gasteiger partial charge in [-0.25, -0.2) is 0 Å². The van der Waals surface area contributed by atoms with Crippen LogP contribution in [0.3, 0.4) is 0 Å². The van der Waals surface area contributed by atoms with E-state index in [1.165, 1.54) is 0 Å². The largest absolute Gasteiger partial charge is 0.459 e. The van der Waals surface area contributed by atoms with Crippen LogP contribution in [0.4, 0.5) is 0 Å². The van der Waals surface area contributed by atoms with Crippen LogP contribution in [-0.2, 0) is 9.53 Å². The monoisotopic (exact) mass is 260 g/mol. The summed E-state index contributed by atoms with van der Waals surface area (Å²) in [5, 5.41) is 0. The minimum absolute atomic E-state index is 0.0711. The van der Waals surface area contributed by atoms with E-state index >= 15 is 0 Å². The molecule has 0 radical (unpaired) electrons. The number of quaternary nitrogens is 2. The van der Waals surface area contributed by atoms with E-state index in [1.54, 1.807) is 0 Å². The van der Waals surface area contributed by atoms with Crippen LogP contribution in [0.1, 0.15) is 27.2 Å². The number of esters is 1. The molecule has 4 nitrogen and oxygen atoms in total. The number of hydrogen-bond acceptors (Lipinski definition) is 2. The maximum Gasteiger partial charge on any atom is 0.312 e. The SMILES string of the molecule is CC[N+](C)(C)CCOC(=O)CC(C)[N+](C)(C)CC. The van der Waals surface area contributed by atoms with E-state index in [0.29, 0.717) is 19.1 Å². The van der Waals surface area contributed by atoms with Crippen molar-refractivity contribution >= 4 is 5.97 Å². The van der Waals surface area contributed by atoms with Crippen molar-refractivity contribution in [2.24, 2.45) is 0 Å². The van der Waals surface area contributed by atoms with Crippen LogP contribution in [-0.4, -0.2) is 75.4 Å². The third-order valence-electron chi connectivity index (χ3n) is 4.29. The van der Waals surface area contributed by atoms with E-state index in [1.807, 2.05) is 0 Å². The molecule has 4 heteroatoms. The number of nitrogens with zero attached hydrogens (tertiary/aromatic N) is 2. The first kappa shape index (κ1) is 17.4. The smallest absolute Gasteiger partial charge is 0.312 e. The summed E-state index contributed by atoms with van der Waals surface area (Å²) in [6.45, 7) is 9.86. The summed E-state index contributed by atoms with van der Waals surface area (Å²) >= 11 is 0. The first-order valence-corrected chi connectivity index (χ1v) is 6.95. The Morgan fingerprint density at radius 2 is 1.67 bits per heavy atom. The molecule has 0 saturated heterocycles. The summed E-state index contributed by atoms with van der Waals surface area (Å²) in [5.74, 6) is -0.0711. The van der Waals surface area contributed by atoms with Gasteiger partial charge in [-0.05, 0) is 20.8 Å². The van der Waals surface area contributed by atoms with Gasteiger partial charge in [-0.15, -0.1) is 0 Å². The highest BCUT2D eigenvalue weighted by atomic mass is 16.5. The summed E-state index contributed by atoms with van der Waals surface area (Å²) < 4.78 is 7.07. The number of rotatable bonds is 8. The average molecular weight is 260 g/mol. The quantitative estimate of drug-likeness (QED) is 0.488. The van der Waals surface area contributed by atoms with Crippen molar-refractivity contribution in [2.45, 2.75) is 33.2 Å². The molecule has 0 aromatic carbocycles. The van der Waals surface area contributed by atoms with Crippen molar-refractivity contribution in [3.05, 3.63) is 0 Å². The van der Waals surface area contributed by atoms with Gasteiger partial charge >= 0.3 is 5.97 Å². The van der Waals surface area contributed by atoms with E-state index in [-0.39, 0.29) is 5.97 Å². The Morgan fingerprint density at radius 1 is 1.11 bits per heavy atom. The van der Waals surface area contributed by atoms with Crippen LogP contribution in [0.5, 0.6) is 0 Å². The zero-order chi connectivity index (χ0) is 14.4. The Morgan fingerprint density at radius 3 is 2.11 bits per heavy atom. The van der Waals surface area contributed by atoms with Crippen LogP contribution >= 0.6 is 0 Å². The summed E-state index contributed by atoms with van der Waals surface area (Å²) in [6.07, 6.45) is 0.500. The lowest BCUT2D eigenvalue weighted by atomic mass is 10.2. The van der Waals surface area contributed by atoms with Crippen LogP contribution < -0.4 is 0 Å². The molecule has 0 rings (SSSR count). The first-order valence-electron chi connectivity index (χ1n) is 6.95. The minimum Gasteiger partial charge on any atom is -0.459 e. The van der Waals surface area contributed by atoms with Gasteiger partial charge in [-0.1, -0.05) is 0 Å². The molecule has 0 aliphatic rings. The van der Waals surface area contributed by atoms with Crippen molar-refractivity contribution in [3.8, 4) is 0 Å². The van der Waals surface area contributed by atoms with E-state index < -0.39 is 0 Å². The molecule has 0 N–H and O–H groups in total. The topological polar surface area (TPSA) is 26.3 Å². The van der Waals surface area contributed by atoms with Crippen LogP contribution in [0.15, 0.2) is 0 Å². The second kappa shape index (κ2) is 7.10. The molecule has 108 valence electrons. The number of ether oxygens (including phenoxy) is 1. The zero-order valence-electron chi connectivity index (χ0n) is 13.3. The Balaban J connectivity index is 3.99. The Kier molecular flexibility index (Phi) is 6.86. The lowest BCUT2D eigenvalue weighted by Crippen LogP contribution is -2.48. The highest BCUT2D eigenvalue weighted by Gasteiger charge is 2.25. The molecular weight excluding hydrogens is 228 g/mol. The Bertz CT molecular complexity index is 263. The van der Waals surface area contributed by atoms with E-state index in [0.717, 1.165) is 28.6 Å². The van der Waals surface area contributed by atoms with Crippen molar-refractivity contribution in [3.63, 3.8) is 0 Å². The van der Waals surface area contributed by atoms with Gasteiger partial charge in [0.05, 0.1) is 53.7 Å². The lowest BCUT2D eigenvalue weighted by molar-refractivity contribution is -0.910.